The lowest BCUT2D eigenvalue weighted by Crippen LogP contribution is -2.21. The first-order chi connectivity index (χ1) is 11.7. The number of aliphatic carboxylic acids is 1. The maximum atomic E-state index is 10.3. The summed E-state index contributed by atoms with van der Waals surface area (Å²) < 4.78 is 0. The Hall–Kier alpha value is -1.39. The minimum Gasteiger partial charge on any atom is -0.550 e. The normalized spacial score (nSPS) is 13.4. The number of hydrogen-bond donors (Lipinski definition) is 1. The van der Waals surface area contributed by atoms with E-state index < -0.39 is 12.1 Å². The van der Waals surface area contributed by atoms with E-state index in [0.29, 0.717) is 6.42 Å². The van der Waals surface area contributed by atoms with Crippen molar-refractivity contribution in [3.8, 4) is 0 Å². The molecule has 0 heterocycles. The third-order valence-corrected chi connectivity index (χ3v) is 3.69. The number of carboxylic acid groups (broad SMARTS) is 1. The van der Waals surface area contributed by atoms with Crippen molar-refractivity contribution < 1.29 is 20.0 Å². The fraction of sp³-hybridized carbons (Fsp3) is 0.650. The van der Waals surface area contributed by atoms with E-state index in [1.807, 2.05) is 24.3 Å². The minimum absolute atomic E-state index is 0.147. The molecule has 0 radical (unpaired) electrons. The van der Waals surface area contributed by atoms with Gasteiger partial charge < -0.3 is 9.90 Å². The average molecular weight is 337 g/mol. The molecular weight excluding hydrogens is 304 g/mol. The minimum atomic E-state index is -0.972. The Morgan fingerprint density at radius 3 is 2.33 bits per heavy atom. The van der Waals surface area contributed by atoms with Crippen LogP contribution in [0.15, 0.2) is 36.5 Å². The van der Waals surface area contributed by atoms with Gasteiger partial charge in [0.15, 0.2) is 0 Å². The quantitative estimate of drug-likeness (QED) is 0.194. The average Bonchev–Trinajstić information content (AvgIpc) is 2.57. The summed E-state index contributed by atoms with van der Waals surface area (Å²) in [6.45, 7) is 2.20. The van der Waals surface area contributed by atoms with Crippen LogP contribution in [-0.4, -0.2) is 17.3 Å². The van der Waals surface area contributed by atoms with Crippen molar-refractivity contribution in [3.05, 3.63) is 36.5 Å². The molecule has 0 spiro atoms. The van der Waals surface area contributed by atoms with E-state index in [4.69, 9.17) is 5.26 Å². The van der Waals surface area contributed by atoms with Crippen molar-refractivity contribution in [3.63, 3.8) is 0 Å². The molecule has 4 heteroatoms. The second-order valence-electron chi connectivity index (χ2n) is 5.95. The van der Waals surface area contributed by atoms with Crippen molar-refractivity contribution in [1.82, 2.24) is 0 Å². The van der Waals surface area contributed by atoms with Gasteiger partial charge in [-0.15, -0.1) is 0 Å². The SMILES string of the molecule is CCCCC/C=C\C/C=C\C(/C=C\CCCCCCC(=O)[O-])OO. The molecule has 0 saturated carbocycles. The highest BCUT2D eigenvalue weighted by Crippen LogP contribution is 2.07. The lowest BCUT2D eigenvalue weighted by Gasteiger charge is -2.03. The van der Waals surface area contributed by atoms with Crippen molar-refractivity contribution in [1.29, 1.82) is 0 Å². The maximum absolute atomic E-state index is 10.3. The third-order valence-electron chi connectivity index (χ3n) is 3.69. The van der Waals surface area contributed by atoms with Gasteiger partial charge in [0.1, 0.15) is 6.10 Å². The van der Waals surface area contributed by atoms with Gasteiger partial charge in [-0.2, -0.15) is 0 Å². The molecule has 0 aromatic carbocycles. The predicted octanol–water partition coefficient (Wildman–Crippen LogP) is 4.57. The zero-order valence-electron chi connectivity index (χ0n) is 15.0. The van der Waals surface area contributed by atoms with Crippen LogP contribution in [0.4, 0.5) is 0 Å². The van der Waals surface area contributed by atoms with E-state index in [2.05, 4.69) is 24.0 Å². The summed E-state index contributed by atoms with van der Waals surface area (Å²) in [4.78, 5) is 14.7. The highest BCUT2D eigenvalue weighted by atomic mass is 17.1. The zero-order chi connectivity index (χ0) is 17.9. The van der Waals surface area contributed by atoms with Gasteiger partial charge in [0.25, 0.3) is 0 Å². The van der Waals surface area contributed by atoms with Crippen LogP contribution in [0.5, 0.6) is 0 Å². The predicted molar refractivity (Wildman–Crippen MR) is 96.4 cm³/mol. The molecule has 0 bridgehead atoms. The van der Waals surface area contributed by atoms with Crippen molar-refractivity contribution in [2.45, 2.75) is 83.7 Å². The number of hydrogen-bond acceptors (Lipinski definition) is 4. The number of unbranched alkanes of at least 4 members (excludes halogenated alkanes) is 7. The molecule has 1 N–H and O–H groups in total. The van der Waals surface area contributed by atoms with Gasteiger partial charge in [-0.3, -0.25) is 5.26 Å². The van der Waals surface area contributed by atoms with Gasteiger partial charge in [0, 0.05) is 5.97 Å². The molecule has 0 aliphatic rings. The monoisotopic (exact) mass is 337 g/mol. The Labute approximate surface area is 146 Å². The highest BCUT2D eigenvalue weighted by molar-refractivity contribution is 5.64. The Kier molecular flexibility index (Phi) is 16.9. The second kappa shape index (κ2) is 18.0. The molecule has 138 valence electrons. The van der Waals surface area contributed by atoms with Crippen LogP contribution in [0.3, 0.4) is 0 Å². The Balaban J connectivity index is 3.69. The standard InChI is InChI=1S/C20H34O4/c1-2-3-4-5-6-7-10-13-16-19(24-23)17-14-11-8-9-12-15-18-20(21)22/h6-7,13-14,16-17,19,23H,2-5,8-12,15,18H2,1H3,(H,21,22)/p-1/b7-6-,16-13-,17-14-. The molecule has 0 aliphatic heterocycles. The van der Waals surface area contributed by atoms with Crippen LogP contribution in [0.25, 0.3) is 0 Å². The largest absolute Gasteiger partial charge is 0.550 e. The smallest absolute Gasteiger partial charge is 0.129 e. The molecule has 0 amide bonds. The maximum Gasteiger partial charge on any atom is 0.129 e. The first kappa shape index (κ1) is 22.6. The molecule has 0 rings (SSSR count). The molecule has 0 aromatic heterocycles. The van der Waals surface area contributed by atoms with Crippen LogP contribution < -0.4 is 5.11 Å². The van der Waals surface area contributed by atoms with Crippen LogP contribution in [0.1, 0.15) is 77.6 Å². The summed E-state index contributed by atoms with van der Waals surface area (Å²) in [6.07, 6.45) is 22.0. The number of rotatable bonds is 16. The van der Waals surface area contributed by atoms with Crippen LogP contribution in [0, 0.1) is 0 Å². The second-order valence-corrected chi connectivity index (χ2v) is 5.95. The molecule has 1 unspecified atom stereocenters. The summed E-state index contributed by atoms with van der Waals surface area (Å²) in [7, 11) is 0. The molecule has 0 fully saturated rings. The molecule has 24 heavy (non-hydrogen) atoms. The van der Waals surface area contributed by atoms with E-state index in [9.17, 15) is 9.90 Å². The molecule has 0 aromatic rings. The van der Waals surface area contributed by atoms with E-state index in [0.717, 1.165) is 38.5 Å². The fourth-order valence-electron chi connectivity index (χ4n) is 2.27. The topological polar surface area (TPSA) is 69.6 Å². The lowest BCUT2D eigenvalue weighted by molar-refractivity contribution is -0.305. The van der Waals surface area contributed by atoms with Crippen molar-refractivity contribution >= 4 is 5.97 Å². The zero-order valence-corrected chi connectivity index (χ0v) is 15.0. The Morgan fingerprint density at radius 2 is 1.62 bits per heavy atom. The molecule has 1 atom stereocenters. The summed E-state index contributed by atoms with van der Waals surface area (Å²) in [5.74, 6) is -0.972. The number of carbonyl (C=O) groups is 1. The van der Waals surface area contributed by atoms with Crippen molar-refractivity contribution in [2.75, 3.05) is 0 Å². The fourth-order valence-corrected chi connectivity index (χ4v) is 2.27. The lowest BCUT2D eigenvalue weighted by atomic mass is 10.1. The summed E-state index contributed by atoms with van der Waals surface area (Å²) >= 11 is 0. The van der Waals surface area contributed by atoms with E-state index >= 15 is 0 Å². The first-order valence-electron chi connectivity index (χ1n) is 9.19. The Bertz CT molecular complexity index is 372. The summed E-state index contributed by atoms with van der Waals surface area (Å²) in [6, 6.07) is 0. The number of allylic oxidation sites excluding steroid dienone is 4. The number of carboxylic acids is 1. The molecule has 4 nitrogen and oxygen atoms in total. The number of carbonyl (C=O) groups excluding carboxylic acids is 1. The highest BCUT2D eigenvalue weighted by Gasteiger charge is 1.97. The summed E-state index contributed by atoms with van der Waals surface area (Å²) in [5.41, 5.74) is 0. The van der Waals surface area contributed by atoms with Crippen molar-refractivity contribution in [2.24, 2.45) is 0 Å². The van der Waals surface area contributed by atoms with E-state index in [1.54, 1.807) is 0 Å². The van der Waals surface area contributed by atoms with Gasteiger partial charge in [-0.1, -0.05) is 69.1 Å². The van der Waals surface area contributed by atoms with Gasteiger partial charge in [-0.05, 0) is 44.9 Å². The van der Waals surface area contributed by atoms with Gasteiger partial charge in [0.05, 0.1) is 0 Å². The van der Waals surface area contributed by atoms with Crippen LogP contribution in [0.2, 0.25) is 0 Å². The van der Waals surface area contributed by atoms with E-state index in [-0.39, 0.29) is 6.42 Å². The third kappa shape index (κ3) is 17.0. The first-order valence-corrected chi connectivity index (χ1v) is 9.19. The Morgan fingerprint density at radius 1 is 0.958 bits per heavy atom. The molecular formula is C20H33O4-. The van der Waals surface area contributed by atoms with Gasteiger partial charge in [0.2, 0.25) is 0 Å². The van der Waals surface area contributed by atoms with Gasteiger partial charge >= 0.3 is 0 Å². The van der Waals surface area contributed by atoms with E-state index in [1.165, 1.54) is 19.3 Å². The molecule has 0 aliphatic carbocycles. The molecule has 0 saturated heterocycles. The van der Waals surface area contributed by atoms with Crippen LogP contribution in [-0.2, 0) is 9.68 Å². The van der Waals surface area contributed by atoms with Crippen LogP contribution >= 0.6 is 0 Å². The summed E-state index contributed by atoms with van der Waals surface area (Å²) in [5, 5.41) is 19.1. The van der Waals surface area contributed by atoms with Gasteiger partial charge in [-0.25, -0.2) is 4.89 Å².